The number of nitrogens with zero attached hydrogens (tertiary/aromatic N) is 2. The summed E-state index contributed by atoms with van der Waals surface area (Å²) in [6.07, 6.45) is 4.48. The number of rotatable bonds is 3. The van der Waals surface area contributed by atoms with Crippen molar-refractivity contribution in [1.82, 2.24) is 9.55 Å². The molecule has 0 spiro atoms. The minimum absolute atomic E-state index is 0.565. The van der Waals surface area contributed by atoms with Crippen LogP contribution in [0.2, 0.25) is 10.0 Å². The summed E-state index contributed by atoms with van der Waals surface area (Å²) < 4.78 is 2.16. The molecule has 0 atom stereocenters. The Kier molecular flexibility index (Phi) is 2.96. The maximum Gasteiger partial charge on any atom is 0.207 e. The highest BCUT2D eigenvalue weighted by Crippen LogP contribution is 2.39. The summed E-state index contributed by atoms with van der Waals surface area (Å²) >= 11 is 12.3. The van der Waals surface area contributed by atoms with Gasteiger partial charge in [-0.05, 0) is 31.9 Å². The number of anilines is 2. The molecule has 18 heavy (non-hydrogen) atoms. The Morgan fingerprint density at radius 1 is 1.28 bits per heavy atom. The summed E-state index contributed by atoms with van der Waals surface area (Å²) in [6, 6.07) is 6.02. The molecule has 5 heteroatoms. The summed E-state index contributed by atoms with van der Waals surface area (Å²) in [6.45, 7) is 1.98. The summed E-state index contributed by atoms with van der Waals surface area (Å²) in [5, 5.41) is 4.44. The lowest BCUT2D eigenvalue weighted by atomic mass is 10.3. The number of halogens is 2. The number of hydrogen-bond donors (Lipinski definition) is 1. The predicted molar refractivity (Wildman–Crippen MR) is 75.0 cm³/mol. The van der Waals surface area contributed by atoms with Crippen LogP contribution in [0.3, 0.4) is 0 Å². The van der Waals surface area contributed by atoms with Crippen LogP contribution in [-0.4, -0.2) is 9.55 Å². The SMILES string of the molecule is Cc1cn(C2CC2)c(Nc2c(Cl)cccc2Cl)n1. The number of hydrogen-bond acceptors (Lipinski definition) is 2. The van der Waals surface area contributed by atoms with E-state index in [1.54, 1.807) is 0 Å². The molecule has 1 aliphatic rings. The highest BCUT2D eigenvalue weighted by Gasteiger charge is 2.26. The van der Waals surface area contributed by atoms with Crippen LogP contribution in [0.5, 0.6) is 0 Å². The zero-order valence-electron chi connectivity index (χ0n) is 9.95. The van der Waals surface area contributed by atoms with Crippen molar-refractivity contribution >= 4 is 34.8 Å². The van der Waals surface area contributed by atoms with Gasteiger partial charge in [-0.25, -0.2) is 4.98 Å². The smallest absolute Gasteiger partial charge is 0.207 e. The molecule has 3 rings (SSSR count). The molecule has 94 valence electrons. The van der Waals surface area contributed by atoms with Crippen molar-refractivity contribution in [3.63, 3.8) is 0 Å². The third-order valence-corrected chi connectivity index (χ3v) is 3.62. The van der Waals surface area contributed by atoms with Gasteiger partial charge in [-0.3, -0.25) is 0 Å². The van der Waals surface area contributed by atoms with E-state index in [4.69, 9.17) is 23.2 Å². The van der Waals surface area contributed by atoms with Gasteiger partial charge < -0.3 is 9.88 Å². The van der Waals surface area contributed by atoms with E-state index in [0.717, 1.165) is 11.6 Å². The van der Waals surface area contributed by atoms with E-state index in [2.05, 4.69) is 21.1 Å². The largest absolute Gasteiger partial charge is 0.323 e. The minimum Gasteiger partial charge on any atom is -0.323 e. The topological polar surface area (TPSA) is 29.9 Å². The number of aromatic nitrogens is 2. The van der Waals surface area contributed by atoms with Crippen LogP contribution in [0.4, 0.5) is 11.6 Å². The summed E-state index contributed by atoms with van der Waals surface area (Å²) in [5.41, 5.74) is 1.71. The van der Waals surface area contributed by atoms with Gasteiger partial charge in [0.2, 0.25) is 5.95 Å². The molecular weight excluding hydrogens is 269 g/mol. The summed E-state index contributed by atoms with van der Waals surface area (Å²) in [5.74, 6) is 0.810. The molecule has 0 amide bonds. The standard InChI is InChI=1S/C13H13Cl2N3/c1-8-7-18(9-5-6-9)13(16-8)17-12-10(14)3-2-4-11(12)15/h2-4,7,9H,5-6H2,1H3,(H,16,17). The van der Waals surface area contributed by atoms with Gasteiger partial charge in [0.15, 0.2) is 0 Å². The lowest BCUT2D eigenvalue weighted by molar-refractivity contribution is 0.750. The van der Waals surface area contributed by atoms with Crippen LogP contribution in [0.15, 0.2) is 24.4 Å². The van der Waals surface area contributed by atoms with Gasteiger partial charge in [0.1, 0.15) is 0 Å². The molecule has 0 saturated heterocycles. The van der Waals surface area contributed by atoms with Crippen molar-refractivity contribution in [1.29, 1.82) is 0 Å². The van der Waals surface area contributed by atoms with Gasteiger partial charge in [0.25, 0.3) is 0 Å². The third kappa shape index (κ3) is 2.20. The number of nitrogens with one attached hydrogen (secondary N) is 1. The van der Waals surface area contributed by atoms with Gasteiger partial charge in [-0.1, -0.05) is 29.3 Å². The van der Waals surface area contributed by atoms with Crippen molar-refractivity contribution in [3.8, 4) is 0 Å². The molecule has 1 saturated carbocycles. The zero-order valence-corrected chi connectivity index (χ0v) is 11.5. The fraction of sp³-hybridized carbons (Fsp3) is 0.308. The molecule has 2 aromatic rings. The third-order valence-electron chi connectivity index (χ3n) is 2.99. The summed E-state index contributed by atoms with van der Waals surface area (Å²) in [7, 11) is 0. The van der Waals surface area contributed by atoms with Crippen LogP contribution in [0, 0.1) is 6.92 Å². The van der Waals surface area contributed by atoms with Crippen LogP contribution in [-0.2, 0) is 0 Å². The molecule has 1 aromatic heterocycles. The van der Waals surface area contributed by atoms with E-state index < -0.39 is 0 Å². The van der Waals surface area contributed by atoms with Gasteiger partial charge >= 0.3 is 0 Å². The average Bonchev–Trinajstić information content (AvgIpc) is 3.09. The van der Waals surface area contributed by atoms with Crippen LogP contribution in [0.1, 0.15) is 24.6 Å². The summed E-state index contributed by atoms with van der Waals surface area (Å²) in [4.78, 5) is 4.48. The molecule has 1 aliphatic carbocycles. The molecule has 0 unspecified atom stereocenters. The normalized spacial score (nSPS) is 14.8. The Hall–Kier alpha value is -1.19. The molecule has 1 fully saturated rings. The second-order valence-corrected chi connectivity index (χ2v) is 5.38. The van der Waals surface area contributed by atoms with Gasteiger partial charge in [0, 0.05) is 12.2 Å². The Morgan fingerprint density at radius 2 is 1.94 bits per heavy atom. The quantitative estimate of drug-likeness (QED) is 0.893. The molecular formula is C13H13Cl2N3. The van der Waals surface area contributed by atoms with Crippen molar-refractivity contribution in [3.05, 3.63) is 40.1 Å². The fourth-order valence-electron chi connectivity index (χ4n) is 1.97. The van der Waals surface area contributed by atoms with Gasteiger partial charge in [-0.15, -0.1) is 0 Å². The van der Waals surface area contributed by atoms with Gasteiger partial charge in [0.05, 0.1) is 21.4 Å². The first-order chi connectivity index (χ1) is 8.65. The second-order valence-electron chi connectivity index (χ2n) is 4.57. The van der Waals surface area contributed by atoms with Crippen molar-refractivity contribution < 1.29 is 0 Å². The average molecular weight is 282 g/mol. The number of benzene rings is 1. The molecule has 3 nitrogen and oxygen atoms in total. The van der Waals surface area contributed by atoms with E-state index in [9.17, 15) is 0 Å². The van der Waals surface area contributed by atoms with E-state index in [0.29, 0.717) is 21.8 Å². The van der Waals surface area contributed by atoms with Crippen molar-refractivity contribution in [2.75, 3.05) is 5.32 Å². The van der Waals surface area contributed by atoms with E-state index >= 15 is 0 Å². The molecule has 0 radical (unpaired) electrons. The Bertz CT molecular complexity index is 568. The van der Waals surface area contributed by atoms with Crippen LogP contribution >= 0.6 is 23.2 Å². The maximum absolute atomic E-state index is 6.15. The first-order valence-electron chi connectivity index (χ1n) is 5.91. The lowest BCUT2D eigenvalue weighted by Crippen LogP contribution is -2.02. The molecule has 0 aliphatic heterocycles. The number of imidazole rings is 1. The van der Waals surface area contributed by atoms with E-state index in [1.165, 1.54) is 12.8 Å². The highest BCUT2D eigenvalue weighted by atomic mass is 35.5. The van der Waals surface area contributed by atoms with Crippen LogP contribution in [0.25, 0.3) is 0 Å². The second kappa shape index (κ2) is 4.48. The van der Waals surface area contributed by atoms with E-state index in [-0.39, 0.29) is 0 Å². The fourth-order valence-corrected chi connectivity index (χ4v) is 2.46. The first-order valence-corrected chi connectivity index (χ1v) is 6.67. The maximum atomic E-state index is 6.15. The minimum atomic E-state index is 0.565. The lowest BCUT2D eigenvalue weighted by Gasteiger charge is -2.11. The van der Waals surface area contributed by atoms with Crippen molar-refractivity contribution in [2.45, 2.75) is 25.8 Å². The number of para-hydroxylation sites is 1. The Morgan fingerprint density at radius 3 is 2.56 bits per heavy atom. The van der Waals surface area contributed by atoms with Crippen LogP contribution < -0.4 is 5.32 Å². The van der Waals surface area contributed by atoms with Gasteiger partial charge in [-0.2, -0.15) is 0 Å². The Labute approximate surface area is 116 Å². The van der Waals surface area contributed by atoms with Crippen molar-refractivity contribution in [2.24, 2.45) is 0 Å². The first kappa shape index (κ1) is 11.9. The zero-order chi connectivity index (χ0) is 12.7. The predicted octanol–water partition coefficient (Wildman–Crippen LogP) is 4.58. The highest BCUT2D eigenvalue weighted by molar-refractivity contribution is 6.39. The molecule has 1 N–H and O–H groups in total. The molecule has 0 bridgehead atoms. The van der Waals surface area contributed by atoms with E-state index in [1.807, 2.05) is 25.1 Å². The molecule has 1 aromatic carbocycles. The monoisotopic (exact) mass is 281 g/mol. The molecule has 1 heterocycles. The Balaban J connectivity index is 1.97. The number of aryl methyl sites for hydroxylation is 1.